The van der Waals surface area contributed by atoms with E-state index in [-0.39, 0.29) is 6.71 Å². The van der Waals surface area contributed by atoms with E-state index in [0.29, 0.717) is 0 Å². The molecule has 6 heteroatoms. The zero-order chi connectivity index (χ0) is 55.6. The first-order valence-electron chi connectivity index (χ1n) is 29.2. The van der Waals surface area contributed by atoms with Crippen LogP contribution in [0.2, 0.25) is 0 Å². The molecule has 16 rings (SSSR count). The fraction of sp³-hybridized carbons (Fsp3) is 0. The van der Waals surface area contributed by atoms with Gasteiger partial charge in [0.15, 0.2) is 16.1 Å². The minimum absolute atomic E-state index is 0.155. The molecule has 3 nitrogen and oxygen atoms in total. The molecule has 0 atom stereocenters. The van der Waals surface area contributed by atoms with Crippen molar-refractivity contribution in [1.29, 1.82) is 0 Å². The van der Waals surface area contributed by atoms with E-state index in [0.717, 1.165) is 28.4 Å². The summed E-state index contributed by atoms with van der Waals surface area (Å²) in [6.45, 7) is -0.155. The number of fused-ring (bicyclic) bond motifs is 7. The predicted molar refractivity (Wildman–Crippen MR) is 362 cm³/mol. The fourth-order valence-corrected chi connectivity index (χ4v) is 24.5. The molecule has 14 aromatic rings. The number of anilines is 6. The van der Waals surface area contributed by atoms with Crippen LogP contribution in [0.1, 0.15) is 0 Å². The number of hydrogen-bond acceptors (Lipinski definition) is 2. The summed E-state index contributed by atoms with van der Waals surface area (Å²) in [5, 5.41) is 13.3. The number of benzene rings is 13. The van der Waals surface area contributed by atoms with Gasteiger partial charge in [-0.05, 0) is 119 Å². The zero-order valence-electron chi connectivity index (χ0n) is 46.3. The van der Waals surface area contributed by atoms with Crippen LogP contribution in [0.5, 0.6) is 0 Å². The van der Waals surface area contributed by atoms with E-state index < -0.39 is 16.1 Å². The van der Waals surface area contributed by atoms with Crippen molar-refractivity contribution in [3.8, 4) is 5.69 Å². The van der Waals surface area contributed by atoms with Gasteiger partial charge < -0.3 is 14.4 Å². The SMILES string of the molecule is c1ccc(N2c3cc(-n4c5ccccc5c5ccccc54)cc4c3B(c3ccccc3N4c3ccc([Si](c4ccccc4)(c4ccccc4)c4ccccc4)cc3)c3c2cccc3[Si](c2ccccc2)(c2ccccc2)c2ccccc2)cc1. The van der Waals surface area contributed by atoms with E-state index in [4.69, 9.17) is 0 Å². The summed E-state index contributed by atoms with van der Waals surface area (Å²) in [5.41, 5.74) is 14.3. The van der Waals surface area contributed by atoms with Crippen molar-refractivity contribution in [2.45, 2.75) is 0 Å². The minimum Gasteiger partial charge on any atom is -0.311 e. The molecule has 0 bridgehead atoms. The van der Waals surface area contributed by atoms with Crippen LogP contribution >= 0.6 is 0 Å². The van der Waals surface area contributed by atoms with Gasteiger partial charge in [0.25, 0.3) is 6.71 Å². The lowest BCUT2D eigenvalue weighted by Crippen LogP contribution is -2.80. The molecule has 0 unspecified atom stereocenters. The van der Waals surface area contributed by atoms with E-state index in [1.807, 2.05) is 0 Å². The van der Waals surface area contributed by atoms with Gasteiger partial charge in [0, 0.05) is 44.9 Å². The van der Waals surface area contributed by atoms with Gasteiger partial charge in [-0.25, -0.2) is 0 Å². The Hall–Kier alpha value is -10.2. The van der Waals surface area contributed by atoms with Crippen LogP contribution in [0, 0.1) is 0 Å². The molecule has 0 saturated heterocycles. The van der Waals surface area contributed by atoms with E-state index in [9.17, 15) is 0 Å². The Morgan fingerprint density at radius 3 is 1.07 bits per heavy atom. The first-order valence-corrected chi connectivity index (χ1v) is 33.2. The van der Waals surface area contributed by atoms with Gasteiger partial charge in [-0.3, -0.25) is 0 Å². The van der Waals surface area contributed by atoms with Gasteiger partial charge in [0.05, 0.1) is 16.7 Å². The zero-order valence-corrected chi connectivity index (χ0v) is 48.3. The third kappa shape index (κ3) is 7.51. The Labute approximate surface area is 493 Å². The molecule has 3 heterocycles. The molecule has 394 valence electrons. The number of para-hydroxylation sites is 4. The highest BCUT2D eigenvalue weighted by atomic mass is 28.3. The summed E-state index contributed by atoms with van der Waals surface area (Å²) < 4.78 is 2.50. The molecule has 0 N–H and O–H groups in total. The predicted octanol–water partition coefficient (Wildman–Crippen LogP) is 11.6. The van der Waals surface area contributed by atoms with Crippen LogP contribution in [0.3, 0.4) is 0 Å². The van der Waals surface area contributed by atoms with Crippen LogP contribution < -0.4 is 67.7 Å². The van der Waals surface area contributed by atoms with E-state index >= 15 is 0 Å². The average molecular weight is 1100 g/mol. The second-order valence-corrected chi connectivity index (χ2v) is 29.8. The number of hydrogen-bond donors (Lipinski definition) is 0. The highest BCUT2D eigenvalue weighted by molar-refractivity contribution is 7.22. The van der Waals surface area contributed by atoms with Gasteiger partial charge in [0.1, 0.15) is 0 Å². The molecule has 0 fully saturated rings. The van der Waals surface area contributed by atoms with Crippen molar-refractivity contribution in [2.24, 2.45) is 0 Å². The molecule has 2 aliphatic rings. The molecule has 0 aliphatic carbocycles. The maximum atomic E-state index is 2.60. The smallest absolute Gasteiger partial charge is 0.252 e. The number of aromatic nitrogens is 1. The Morgan fingerprint density at radius 2 is 0.595 bits per heavy atom. The maximum absolute atomic E-state index is 3.15. The molecule has 1 aromatic heterocycles. The lowest BCUT2D eigenvalue weighted by molar-refractivity contribution is 1.16. The van der Waals surface area contributed by atoms with Crippen LogP contribution in [-0.2, 0) is 0 Å². The Balaban J connectivity index is 1.02. The molecule has 84 heavy (non-hydrogen) atoms. The normalized spacial score (nSPS) is 12.7. The Bertz CT molecular complexity index is 4470. The van der Waals surface area contributed by atoms with Crippen molar-refractivity contribution in [2.75, 3.05) is 9.80 Å². The number of nitrogens with zero attached hydrogens (tertiary/aromatic N) is 3. The summed E-state index contributed by atoms with van der Waals surface area (Å²) in [5.74, 6) is 0. The minimum atomic E-state index is -3.15. The Kier molecular flexibility index (Phi) is 12.0. The molecular formula is C78H56BN3Si2. The number of rotatable bonds is 11. The van der Waals surface area contributed by atoms with Crippen molar-refractivity contribution >= 4 is 137 Å². The average Bonchev–Trinajstić information content (AvgIpc) is 1.85. The van der Waals surface area contributed by atoms with Gasteiger partial charge >= 0.3 is 0 Å². The van der Waals surface area contributed by atoms with E-state index in [1.165, 1.54) is 91.1 Å². The highest BCUT2D eigenvalue weighted by Crippen LogP contribution is 2.46. The summed E-state index contributed by atoms with van der Waals surface area (Å²) in [6, 6.07) is 128. The topological polar surface area (TPSA) is 11.4 Å². The van der Waals surface area contributed by atoms with Gasteiger partial charge in [-0.1, -0.05) is 279 Å². The maximum Gasteiger partial charge on any atom is 0.252 e. The summed E-state index contributed by atoms with van der Waals surface area (Å²) in [4.78, 5) is 5.19. The lowest BCUT2D eigenvalue weighted by atomic mass is 9.33. The monoisotopic (exact) mass is 1100 g/mol. The quantitative estimate of drug-likeness (QED) is 0.0945. The van der Waals surface area contributed by atoms with Gasteiger partial charge in [0.2, 0.25) is 0 Å². The second-order valence-electron chi connectivity index (χ2n) is 22.2. The van der Waals surface area contributed by atoms with Crippen molar-refractivity contribution < 1.29 is 0 Å². The van der Waals surface area contributed by atoms with E-state index in [2.05, 4.69) is 354 Å². The van der Waals surface area contributed by atoms with E-state index in [1.54, 1.807) is 0 Å². The van der Waals surface area contributed by atoms with Crippen molar-refractivity contribution in [3.63, 3.8) is 0 Å². The van der Waals surface area contributed by atoms with Crippen molar-refractivity contribution in [3.05, 3.63) is 340 Å². The summed E-state index contributed by atoms with van der Waals surface area (Å²) in [7, 11) is -6.00. The molecule has 13 aromatic carbocycles. The highest BCUT2D eigenvalue weighted by Gasteiger charge is 2.51. The van der Waals surface area contributed by atoms with Gasteiger partial charge in [-0.15, -0.1) is 0 Å². The fourth-order valence-electron chi connectivity index (χ4n) is 14.7. The molecule has 0 saturated carbocycles. The van der Waals surface area contributed by atoms with Crippen LogP contribution in [-0.4, -0.2) is 27.4 Å². The third-order valence-corrected chi connectivity index (χ3v) is 27.7. The third-order valence-electron chi connectivity index (χ3n) is 18.0. The van der Waals surface area contributed by atoms with Gasteiger partial charge in [-0.2, -0.15) is 0 Å². The standard InChI is InChI=1S/C78H56BN3Si2/c1-8-29-57(30-9-1)81-73-49-28-50-76(84(63-37-16-5-17-38-63,64-39-18-6-19-40-64)65-41-20-7-21-42-65)78(73)79-69-45-24-27-48-72(69)80(74-55-59(56-75(81)77(74)79)82-70-46-25-22-43-67(70)68-44-23-26-47-71(68)82)58-51-53-66(54-52-58)83(60-31-10-2-11-32-60,61-33-12-3-13-34-61)62-35-14-4-15-36-62/h1-56H. The second kappa shape index (κ2) is 20.3. The van der Waals surface area contributed by atoms with Crippen LogP contribution in [0.25, 0.3) is 27.5 Å². The molecule has 0 amide bonds. The Morgan fingerprint density at radius 1 is 0.238 bits per heavy atom. The summed E-state index contributed by atoms with van der Waals surface area (Å²) in [6.07, 6.45) is 0. The molecule has 2 aliphatic heterocycles. The lowest BCUT2D eigenvalue weighted by Gasteiger charge is -2.47. The van der Waals surface area contributed by atoms with Crippen molar-refractivity contribution in [1.82, 2.24) is 4.57 Å². The van der Waals surface area contributed by atoms with Crippen LogP contribution in [0.4, 0.5) is 34.1 Å². The molecule has 0 radical (unpaired) electrons. The first kappa shape index (κ1) is 49.6. The largest absolute Gasteiger partial charge is 0.311 e. The first-order chi connectivity index (χ1) is 41.7. The molecule has 0 spiro atoms. The molecular weight excluding hydrogens is 1050 g/mol. The summed E-state index contributed by atoms with van der Waals surface area (Å²) >= 11 is 0. The van der Waals surface area contributed by atoms with Crippen LogP contribution in [0.15, 0.2) is 340 Å².